The van der Waals surface area contributed by atoms with Crippen LogP contribution in [-0.4, -0.2) is 65.9 Å². The first-order valence-electron chi connectivity index (χ1n) is 12.3. The van der Waals surface area contributed by atoms with Crippen LogP contribution in [0.1, 0.15) is 43.7 Å². The summed E-state index contributed by atoms with van der Waals surface area (Å²) in [5, 5.41) is 17.2. The lowest BCUT2D eigenvalue weighted by molar-refractivity contribution is -0.125. The van der Waals surface area contributed by atoms with E-state index in [4.69, 9.17) is 4.42 Å². The van der Waals surface area contributed by atoms with Crippen LogP contribution >= 0.6 is 0 Å². The molecule has 0 radical (unpaired) electrons. The molecule has 2 amide bonds. The second-order valence-corrected chi connectivity index (χ2v) is 11.6. The van der Waals surface area contributed by atoms with Crippen LogP contribution in [0.3, 0.4) is 0 Å². The molecule has 10 nitrogen and oxygen atoms in total. The van der Waals surface area contributed by atoms with Gasteiger partial charge in [0.1, 0.15) is 16.5 Å². The molecule has 1 saturated heterocycles. The summed E-state index contributed by atoms with van der Waals surface area (Å²) in [6, 6.07) is 10.3. The number of para-hydroxylation sites is 1. The van der Waals surface area contributed by atoms with E-state index >= 15 is 0 Å². The molecule has 0 bridgehead atoms. The average molecular weight is 529 g/mol. The zero-order chi connectivity index (χ0) is 26.6. The number of nitrogens with zero attached hydrogens (tertiary/aromatic N) is 2. The molecule has 11 heteroatoms. The molecular weight excluding hydrogens is 496 g/mol. The lowest BCUT2D eigenvalue weighted by Crippen LogP contribution is -2.54. The van der Waals surface area contributed by atoms with Gasteiger partial charge in [0.15, 0.2) is 5.76 Å². The highest BCUT2D eigenvalue weighted by Crippen LogP contribution is 2.21. The van der Waals surface area contributed by atoms with Gasteiger partial charge in [0, 0.05) is 30.9 Å². The Morgan fingerprint density at radius 2 is 2.00 bits per heavy atom. The highest BCUT2D eigenvalue weighted by Gasteiger charge is 2.35. The van der Waals surface area contributed by atoms with Crippen molar-refractivity contribution in [3.8, 4) is 0 Å². The standard InChI is InChI=1S/C26H32N4O6S/c1-17(2)13-21(29-26(33)24-14-18-7-3-4-10-23(18)36-24)25(32)28-20-9-6-12-30(16-22(20)31)37(34,35)19-8-5-11-27-15-19/h3-5,7-8,10-11,14-15,17,20-22,31H,6,9,12-13,16H2,1-2H3,(H,28,32)(H,29,33)/t20?,21-,22?/m0/s1. The average Bonchev–Trinajstić information content (AvgIpc) is 3.23. The van der Waals surface area contributed by atoms with Crippen LogP contribution in [-0.2, 0) is 14.8 Å². The Morgan fingerprint density at radius 1 is 1.22 bits per heavy atom. The lowest BCUT2D eigenvalue weighted by Gasteiger charge is -2.27. The number of hydrogen-bond donors (Lipinski definition) is 3. The number of carbonyl (C=O) groups is 2. The summed E-state index contributed by atoms with van der Waals surface area (Å²) in [6.45, 7) is 3.92. The number of nitrogens with one attached hydrogen (secondary N) is 2. The van der Waals surface area contributed by atoms with Crippen molar-refractivity contribution in [2.45, 2.75) is 56.2 Å². The Hall–Kier alpha value is -3.28. The van der Waals surface area contributed by atoms with Crippen molar-refractivity contribution in [3.63, 3.8) is 0 Å². The molecular formula is C26H32N4O6S. The fourth-order valence-corrected chi connectivity index (χ4v) is 5.91. The largest absolute Gasteiger partial charge is 0.451 e. The van der Waals surface area contributed by atoms with E-state index in [1.165, 1.54) is 22.8 Å². The molecule has 1 aromatic carbocycles. The Bertz CT molecular complexity index is 1310. The Morgan fingerprint density at radius 3 is 2.70 bits per heavy atom. The SMILES string of the molecule is CC(C)C[C@H](NC(=O)c1cc2ccccc2o1)C(=O)NC1CCCN(S(=O)(=O)c2cccnc2)CC1O. The molecule has 4 rings (SSSR count). The molecule has 3 heterocycles. The normalized spacial score (nSPS) is 19.9. The van der Waals surface area contributed by atoms with E-state index in [0.29, 0.717) is 24.8 Å². The molecule has 0 spiro atoms. The number of pyridine rings is 1. The molecule has 3 aromatic rings. The summed E-state index contributed by atoms with van der Waals surface area (Å²) < 4.78 is 32.8. The number of fused-ring (bicyclic) bond motifs is 1. The third-order valence-corrected chi connectivity index (χ3v) is 8.20. The first-order valence-corrected chi connectivity index (χ1v) is 13.8. The number of carbonyl (C=O) groups excluding carboxylic acids is 2. The third kappa shape index (κ3) is 6.35. The van der Waals surface area contributed by atoms with Gasteiger partial charge < -0.3 is 20.2 Å². The molecule has 1 aliphatic heterocycles. The van der Waals surface area contributed by atoms with Gasteiger partial charge in [-0.2, -0.15) is 4.31 Å². The molecule has 1 fully saturated rings. The van der Waals surface area contributed by atoms with Crippen LogP contribution in [0, 0.1) is 5.92 Å². The maximum absolute atomic E-state index is 13.2. The zero-order valence-electron chi connectivity index (χ0n) is 20.8. The molecule has 37 heavy (non-hydrogen) atoms. The topological polar surface area (TPSA) is 142 Å². The Kier molecular flexibility index (Phi) is 8.25. The van der Waals surface area contributed by atoms with Crippen molar-refractivity contribution in [2.75, 3.05) is 13.1 Å². The number of amides is 2. The number of benzene rings is 1. The lowest BCUT2D eigenvalue weighted by atomic mass is 10.0. The molecule has 198 valence electrons. The second kappa shape index (κ2) is 11.4. The predicted molar refractivity (Wildman–Crippen MR) is 137 cm³/mol. The van der Waals surface area contributed by atoms with Gasteiger partial charge in [0.2, 0.25) is 15.9 Å². The van der Waals surface area contributed by atoms with E-state index in [-0.39, 0.29) is 29.7 Å². The van der Waals surface area contributed by atoms with E-state index in [1.807, 2.05) is 32.0 Å². The molecule has 0 aliphatic carbocycles. The number of sulfonamides is 1. The number of β-amino-alcohol motifs (C(OH)–C–C–N with tert-alkyl or cyclic N) is 1. The summed E-state index contributed by atoms with van der Waals surface area (Å²) >= 11 is 0. The third-order valence-electron chi connectivity index (χ3n) is 6.36. The highest BCUT2D eigenvalue weighted by atomic mass is 32.2. The fraction of sp³-hybridized carbons (Fsp3) is 0.423. The number of rotatable bonds is 8. The van der Waals surface area contributed by atoms with E-state index in [9.17, 15) is 23.1 Å². The van der Waals surface area contributed by atoms with Crippen LogP contribution in [0.15, 0.2) is 64.2 Å². The van der Waals surface area contributed by atoms with Crippen molar-refractivity contribution in [1.82, 2.24) is 19.9 Å². The van der Waals surface area contributed by atoms with Gasteiger partial charge in [0.25, 0.3) is 5.91 Å². The summed E-state index contributed by atoms with van der Waals surface area (Å²) in [7, 11) is -3.83. The Labute approximate surface area is 216 Å². The first-order chi connectivity index (χ1) is 17.6. The number of aromatic nitrogens is 1. The predicted octanol–water partition coefficient (Wildman–Crippen LogP) is 2.30. The van der Waals surface area contributed by atoms with Crippen LogP contribution < -0.4 is 10.6 Å². The van der Waals surface area contributed by atoms with Gasteiger partial charge in [-0.1, -0.05) is 32.0 Å². The minimum absolute atomic E-state index is 0.0509. The van der Waals surface area contributed by atoms with Gasteiger partial charge in [-0.05, 0) is 49.4 Å². The molecule has 1 aliphatic rings. The first kappa shape index (κ1) is 26.8. The van der Waals surface area contributed by atoms with Crippen molar-refractivity contribution in [3.05, 3.63) is 60.6 Å². The van der Waals surface area contributed by atoms with Crippen molar-refractivity contribution in [2.24, 2.45) is 5.92 Å². The summed E-state index contributed by atoms with van der Waals surface area (Å²) in [4.78, 5) is 30.1. The van der Waals surface area contributed by atoms with Crippen LogP contribution in [0.25, 0.3) is 11.0 Å². The molecule has 3 N–H and O–H groups in total. The van der Waals surface area contributed by atoms with E-state index in [0.717, 1.165) is 5.39 Å². The summed E-state index contributed by atoms with van der Waals surface area (Å²) in [6.07, 6.45) is 2.85. The molecule has 2 aromatic heterocycles. The monoisotopic (exact) mass is 528 g/mol. The maximum atomic E-state index is 13.2. The van der Waals surface area contributed by atoms with Gasteiger partial charge >= 0.3 is 0 Å². The number of aliphatic hydroxyl groups excluding tert-OH is 1. The number of aliphatic hydroxyl groups is 1. The molecule has 2 unspecified atom stereocenters. The molecule has 3 atom stereocenters. The van der Waals surface area contributed by atoms with Gasteiger partial charge in [-0.15, -0.1) is 0 Å². The van der Waals surface area contributed by atoms with Crippen molar-refractivity contribution in [1.29, 1.82) is 0 Å². The minimum Gasteiger partial charge on any atom is -0.451 e. The summed E-state index contributed by atoms with van der Waals surface area (Å²) in [5.74, 6) is -0.739. The summed E-state index contributed by atoms with van der Waals surface area (Å²) in [5.41, 5.74) is 0.574. The zero-order valence-corrected chi connectivity index (χ0v) is 21.6. The number of furan rings is 1. The van der Waals surface area contributed by atoms with Gasteiger partial charge in [-0.3, -0.25) is 14.6 Å². The Balaban J connectivity index is 1.43. The van der Waals surface area contributed by atoms with Gasteiger partial charge in [0.05, 0.1) is 12.1 Å². The minimum atomic E-state index is -3.83. The van der Waals surface area contributed by atoms with Crippen LogP contribution in [0.4, 0.5) is 0 Å². The van der Waals surface area contributed by atoms with Crippen molar-refractivity contribution < 1.29 is 27.5 Å². The number of hydrogen-bond acceptors (Lipinski definition) is 7. The fourth-order valence-electron chi connectivity index (χ4n) is 4.45. The quantitative estimate of drug-likeness (QED) is 0.407. The smallest absolute Gasteiger partial charge is 0.287 e. The van der Waals surface area contributed by atoms with Gasteiger partial charge in [-0.25, -0.2) is 8.42 Å². The van der Waals surface area contributed by atoms with Crippen LogP contribution in [0.2, 0.25) is 0 Å². The van der Waals surface area contributed by atoms with E-state index in [1.54, 1.807) is 18.2 Å². The highest BCUT2D eigenvalue weighted by molar-refractivity contribution is 7.89. The maximum Gasteiger partial charge on any atom is 0.287 e. The van der Waals surface area contributed by atoms with Crippen LogP contribution in [0.5, 0.6) is 0 Å². The van der Waals surface area contributed by atoms with Crippen molar-refractivity contribution >= 4 is 32.8 Å². The van der Waals surface area contributed by atoms with E-state index in [2.05, 4.69) is 15.6 Å². The molecule has 0 saturated carbocycles. The van der Waals surface area contributed by atoms with E-state index < -0.39 is 40.0 Å². The second-order valence-electron chi connectivity index (χ2n) is 9.68.